The van der Waals surface area contributed by atoms with Crippen molar-refractivity contribution in [2.45, 2.75) is 55.6 Å². The zero-order chi connectivity index (χ0) is 17.9. The third kappa shape index (κ3) is 5.11. The first-order valence-electron chi connectivity index (χ1n) is 8.70. The molecule has 1 aromatic rings. The second kappa shape index (κ2) is 8.27. The number of thioether (sulfide) groups is 1. The van der Waals surface area contributed by atoms with Crippen LogP contribution < -0.4 is 0 Å². The van der Waals surface area contributed by atoms with Crippen LogP contribution in [0.3, 0.4) is 0 Å². The van der Waals surface area contributed by atoms with Crippen molar-refractivity contribution in [1.82, 2.24) is 9.88 Å². The summed E-state index contributed by atoms with van der Waals surface area (Å²) in [5.74, 6) is 0.608. The molecule has 1 unspecified atom stereocenters. The van der Waals surface area contributed by atoms with Gasteiger partial charge in [0, 0.05) is 18.3 Å². The topological polar surface area (TPSA) is 67.3 Å². The number of halogens is 1. The van der Waals surface area contributed by atoms with E-state index in [1.54, 1.807) is 18.3 Å². The summed E-state index contributed by atoms with van der Waals surface area (Å²) in [5.41, 5.74) is 0. The number of hydrogen-bond donors (Lipinski definition) is 0. The molecular formula is C17H23ClN2O3S2. The first-order chi connectivity index (χ1) is 11.9. The van der Waals surface area contributed by atoms with Crippen LogP contribution in [0.25, 0.3) is 0 Å². The van der Waals surface area contributed by atoms with Gasteiger partial charge >= 0.3 is 0 Å². The molecular weight excluding hydrogens is 380 g/mol. The van der Waals surface area contributed by atoms with E-state index in [9.17, 15) is 13.2 Å². The molecule has 2 fully saturated rings. The number of amides is 1. The highest BCUT2D eigenvalue weighted by molar-refractivity contribution is 7.99. The lowest BCUT2D eigenvalue weighted by Crippen LogP contribution is -2.49. The summed E-state index contributed by atoms with van der Waals surface area (Å²) in [4.78, 5) is 19.0. The van der Waals surface area contributed by atoms with Crippen LogP contribution in [0.2, 0.25) is 5.02 Å². The van der Waals surface area contributed by atoms with Gasteiger partial charge in [-0.1, -0.05) is 42.6 Å². The van der Waals surface area contributed by atoms with Crippen molar-refractivity contribution in [3.8, 4) is 0 Å². The molecule has 0 bridgehead atoms. The van der Waals surface area contributed by atoms with Crippen molar-refractivity contribution in [1.29, 1.82) is 0 Å². The van der Waals surface area contributed by atoms with Gasteiger partial charge in [-0.2, -0.15) is 0 Å². The van der Waals surface area contributed by atoms with Crippen LogP contribution >= 0.6 is 23.4 Å². The van der Waals surface area contributed by atoms with Crippen LogP contribution in [0, 0.1) is 0 Å². The average molecular weight is 403 g/mol. The molecule has 3 rings (SSSR count). The Morgan fingerprint density at radius 2 is 1.96 bits per heavy atom. The molecule has 1 aliphatic heterocycles. The Morgan fingerprint density at radius 3 is 2.56 bits per heavy atom. The summed E-state index contributed by atoms with van der Waals surface area (Å²) < 4.78 is 23.8. The fourth-order valence-electron chi connectivity index (χ4n) is 3.72. The van der Waals surface area contributed by atoms with E-state index in [4.69, 9.17) is 11.6 Å². The fourth-order valence-corrected chi connectivity index (χ4v) is 6.25. The van der Waals surface area contributed by atoms with Crippen molar-refractivity contribution in [3.05, 3.63) is 23.4 Å². The first-order valence-corrected chi connectivity index (χ1v) is 11.9. The Morgan fingerprint density at radius 1 is 1.20 bits per heavy atom. The highest BCUT2D eigenvalue weighted by Gasteiger charge is 2.38. The predicted octanol–water partition coefficient (Wildman–Crippen LogP) is 3.18. The minimum atomic E-state index is -3.01. The smallest absolute Gasteiger partial charge is 0.233 e. The molecule has 5 nitrogen and oxygen atoms in total. The first kappa shape index (κ1) is 19.0. The minimum absolute atomic E-state index is 0.0238. The maximum absolute atomic E-state index is 12.9. The molecule has 2 heterocycles. The second-order valence-corrected chi connectivity index (χ2v) is 10.4. The third-order valence-corrected chi connectivity index (χ3v) is 7.80. The summed E-state index contributed by atoms with van der Waals surface area (Å²) in [6.07, 6.45) is 7.51. The normalized spacial score (nSPS) is 23.5. The van der Waals surface area contributed by atoms with Gasteiger partial charge in [-0.15, -0.1) is 0 Å². The summed E-state index contributed by atoms with van der Waals surface area (Å²) in [7, 11) is -3.01. The standard InChI is InChI=1S/C17H23ClN2O3S2/c18-13-6-7-16(19-10-13)24-11-17(21)20(14-4-2-1-3-5-14)15-8-9-25(22,23)12-15/h6-7,10,14-15H,1-5,8-9,11-12H2. The van der Waals surface area contributed by atoms with Gasteiger partial charge in [-0.3, -0.25) is 4.79 Å². The number of aromatic nitrogens is 1. The van der Waals surface area contributed by atoms with E-state index >= 15 is 0 Å². The molecule has 25 heavy (non-hydrogen) atoms. The lowest BCUT2D eigenvalue weighted by molar-refractivity contribution is -0.133. The van der Waals surface area contributed by atoms with Crippen LogP contribution in [-0.2, 0) is 14.6 Å². The van der Waals surface area contributed by atoms with Crippen LogP contribution in [0.1, 0.15) is 38.5 Å². The SMILES string of the molecule is O=C(CSc1ccc(Cl)cn1)N(C1CCCCC1)C1CCS(=O)(=O)C1. The fraction of sp³-hybridized carbons (Fsp3) is 0.647. The van der Waals surface area contributed by atoms with Crippen LogP contribution in [0.4, 0.5) is 0 Å². The molecule has 138 valence electrons. The summed E-state index contributed by atoms with van der Waals surface area (Å²) in [6, 6.07) is 3.56. The maximum atomic E-state index is 12.9. The number of sulfone groups is 1. The molecule has 0 spiro atoms. The van der Waals surface area contributed by atoms with Gasteiger partial charge in [0.2, 0.25) is 5.91 Å². The van der Waals surface area contributed by atoms with Crippen LogP contribution in [-0.4, -0.2) is 53.6 Å². The predicted molar refractivity (Wildman–Crippen MR) is 101 cm³/mol. The van der Waals surface area contributed by atoms with E-state index in [2.05, 4.69) is 4.98 Å². The number of nitrogens with zero attached hydrogens (tertiary/aromatic N) is 2. The van der Waals surface area contributed by atoms with Gasteiger partial charge in [0.1, 0.15) is 0 Å². The zero-order valence-corrected chi connectivity index (χ0v) is 16.5. The number of carbonyl (C=O) groups excluding carboxylic acids is 1. The Balaban J connectivity index is 1.69. The largest absolute Gasteiger partial charge is 0.335 e. The van der Waals surface area contributed by atoms with Crippen LogP contribution in [0.5, 0.6) is 0 Å². The van der Waals surface area contributed by atoms with Gasteiger partial charge in [-0.25, -0.2) is 13.4 Å². The highest BCUT2D eigenvalue weighted by atomic mass is 35.5. The van der Waals surface area contributed by atoms with Crippen LogP contribution in [0.15, 0.2) is 23.4 Å². The molecule has 0 aromatic carbocycles. The van der Waals surface area contributed by atoms with E-state index in [1.807, 2.05) is 4.90 Å². The second-order valence-electron chi connectivity index (χ2n) is 6.75. The quantitative estimate of drug-likeness (QED) is 0.707. The minimum Gasteiger partial charge on any atom is -0.335 e. The Kier molecular flexibility index (Phi) is 6.28. The maximum Gasteiger partial charge on any atom is 0.233 e. The molecule has 1 atom stereocenters. The summed E-state index contributed by atoms with van der Waals surface area (Å²) in [6.45, 7) is 0. The van der Waals surface area contributed by atoms with E-state index in [1.165, 1.54) is 18.2 Å². The molecule has 1 amide bonds. The molecule has 2 aliphatic rings. The van der Waals surface area contributed by atoms with Gasteiger partial charge in [0.05, 0.1) is 27.3 Å². The van der Waals surface area contributed by atoms with E-state index in [0.29, 0.717) is 11.4 Å². The number of rotatable bonds is 5. The van der Waals surface area contributed by atoms with Gasteiger partial charge in [0.25, 0.3) is 0 Å². The van der Waals surface area contributed by atoms with Gasteiger partial charge < -0.3 is 4.90 Å². The van der Waals surface area contributed by atoms with Gasteiger partial charge in [-0.05, 0) is 31.4 Å². The third-order valence-electron chi connectivity index (χ3n) is 4.90. The summed E-state index contributed by atoms with van der Waals surface area (Å²) in [5, 5.41) is 1.32. The highest BCUT2D eigenvalue weighted by Crippen LogP contribution is 2.29. The van der Waals surface area contributed by atoms with Crippen molar-refractivity contribution in [2.75, 3.05) is 17.3 Å². The molecule has 8 heteroatoms. The van der Waals surface area contributed by atoms with E-state index in [0.717, 1.165) is 30.7 Å². The molecule has 1 saturated carbocycles. The molecule has 1 aromatic heterocycles. The Hall–Kier alpha value is -0.790. The van der Waals surface area contributed by atoms with Crippen molar-refractivity contribution in [2.24, 2.45) is 0 Å². The molecule has 0 radical (unpaired) electrons. The average Bonchev–Trinajstić information content (AvgIpc) is 2.95. The Labute approximate surface area is 158 Å². The zero-order valence-electron chi connectivity index (χ0n) is 14.1. The van der Waals surface area contributed by atoms with Crippen molar-refractivity contribution in [3.63, 3.8) is 0 Å². The molecule has 1 saturated heterocycles. The number of pyridine rings is 1. The van der Waals surface area contributed by atoms with Gasteiger partial charge in [0.15, 0.2) is 9.84 Å². The lowest BCUT2D eigenvalue weighted by Gasteiger charge is -2.38. The number of carbonyl (C=O) groups is 1. The monoisotopic (exact) mass is 402 g/mol. The lowest BCUT2D eigenvalue weighted by atomic mass is 9.93. The molecule has 0 N–H and O–H groups in total. The van der Waals surface area contributed by atoms with Crippen molar-refractivity contribution < 1.29 is 13.2 Å². The van der Waals surface area contributed by atoms with Crippen molar-refractivity contribution >= 4 is 39.1 Å². The van der Waals surface area contributed by atoms with E-state index in [-0.39, 0.29) is 35.2 Å². The molecule has 1 aliphatic carbocycles. The van der Waals surface area contributed by atoms with E-state index < -0.39 is 9.84 Å². The Bertz CT molecular complexity index is 703. The number of hydrogen-bond acceptors (Lipinski definition) is 5. The summed E-state index contributed by atoms with van der Waals surface area (Å²) >= 11 is 7.21.